The Kier molecular flexibility index (Phi) is 4.21. The first-order chi connectivity index (χ1) is 9.16. The van der Waals surface area contributed by atoms with Crippen LogP contribution >= 0.6 is 0 Å². The third-order valence-electron chi connectivity index (χ3n) is 3.48. The van der Waals surface area contributed by atoms with Crippen LogP contribution in [0.1, 0.15) is 12.8 Å². The average Bonchev–Trinajstić information content (AvgIpc) is 2.46. The summed E-state index contributed by atoms with van der Waals surface area (Å²) in [5, 5.41) is 12.6. The third-order valence-corrected chi connectivity index (χ3v) is 3.48. The molecular weight excluding hydrogens is 248 g/mol. The number of aromatic nitrogens is 1. The zero-order valence-electron chi connectivity index (χ0n) is 10.9. The van der Waals surface area contributed by atoms with Crippen molar-refractivity contribution in [3.63, 3.8) is 0 Å². The summed E-state index contributed by atoms with van der Waals surface area (Å²) in [6.07, 6.45) is 2.67. The topological polar surface area (TPSA) is 80.7 Å². The van der Waals surface area contributed by atoms with E-state index in [0.29, 0.717) is 38.5 Å². The fraction of sp³-hybridized carbons (Fsp3) is 0.538. The maximum atomic E-state index is 11.5. The molecule has 1 saturated heterocycles. The van der Waals surface area contributed by atoms with Crippen LogP contribution in [0.25, 0.3) is 0 Å². The largest absolute Gasteiger partial charge is 0.481 e. The Bertz CT molecular complexity index is 444. The molecule has 1 fully saturated rings. The van der Waals surface area contributed by atoms with Gasteiger partial charge in [0.05, 0.1) is 12.5 Å². The van der Waals surface area contributed by atoms with E-state index in [0.717, 1.165) is 5.69 Å². The van der Waals surface area contributed by atoms with Crippen LogP contribution in [-0.2, 0) is 9.53 Å². The molecule has 1 aliphatic rings. The molecule has 0 amide bonds. The molecule has 1 aromatic heterocycles. The Hall–Kier alpha value is -1.82. The molecule has 104 valence electrons. The van der Waals surface area contributed by atoms with Gasteiger partial charge in [-0.25, -0.2) is 4.98 Å². The number of carbonyl (C=O) groups is 1. The minimum atomic E-state index is -0.774. The number of nitrogens with zero attached hydrogens (tertiary/aromatic N) is 1. The number of hydrogen-bond donors (Lipinski definition) is 2. The third kappa shape index (κ3) is 3.14. The maximum Gasteiger partial charge on any atom is 0.311 e. The first-order valence-electron chi connectivity index (χ1n) is 6.21. The molecule has 0 radical (unpaired) electrons. The lowest BCUT2D eigenvalue weighted by Crippen LogP contribution is -2.42. The van der Waals surface area contributed by atoms with E-state index in [1.54, 1.807) is 25.4 Å². The predicted octanol–water partition coefficient (Wildman–Crippen LogP) is 1.38. The Labute approximate surface area is 111 Å². The van der Waals surface area contributed by atoms with E-state index in [-0.39, 0.29) is 0 Å². The van der Waals surface area contributed by atoms with E-state index in [4.69, 9.17) is 9.47 Å². The lowest BCUT2D eigenvalue weighted by atomic mass is 9.80. The summed E-state index contributed by atoms with van der Waals surface area (Å²) in [4.78, 5) is 15.5. The molecule has 19 heavy (non-hydrogen) atoms. The van der Waals surface area contributed by atoms with Crippen molar-refractivity contribution in [3.8, 4) is 5.88 Å². The van der Waals surface area contributed by atoms with Gasteiger partial charge in [0.2, 0.25) is 5.88 Å². The number of hydrogen-bond acceptors (Lipinski definition) is 5. The second-order valence-electron chi connectivity index (χ2n) is 4.64. The van der Waals surface area contributed by atoms with Gasteiger partial charge in [0.15, 0.2) is 0 Å². The van der Waals surface area contributed by atoms with Gasteiger partial charge in [-0.15, -0.1) is 0 Å². The number of ether oxygens (including phenoxy) is 2. The molecule has 0 aromatic carbocycles. The average molecular weight is 266 g/mol. The van der Waals surface area contributed by atoms with Crippen molar-refractivity contribution in [3.05, 3.63) is 18.3 Å². The molecule has 0 unspecified atom stereocenters. The van der Waals surface area contributed by atoms with Crippen molar-refractivity contribution < 1.29 is 19.4 Å². The van der Waals surface area contributed by atoms with E-state index in [2.05, 4.69) is 10.3 Å². The van der Waals surface area contributed by atoms with Crippen LogP contribution in [0, 0.1) is 5.41 Å². The number of anilines is 1. The van der Waals surface area contributed by atoms with Crippen LogP contribution in [0.4, 0.5) is 5.69 Å². The molecule has 0 aliphatic carbocycles. The number of rotatable bonds is 5. The van der Waals surface area contributed by atoms with E-state index in [9.17, 15) is 9.90 Å². The minimum Gasteiger partial charge on any atom is -0.481 e. The van der Waals surface area contributed by atoms with Crippen LogP contribution in [0.5, 0.6) is 5.88 Å². The summed E-state index contributed by atoms with van der Waals surface area (Å²) < 4.78 is 10.3. The molecule has 2 N–H and O–H groups in total. The smallest absolute Gasteiger partial charge is 0.311 e. The monoisotopic (exact) mass is 266 g/mol. The number of pyridine rings is 1. The quantitative estimate of drug-likeness (QED) is 0.838. The van der Waals surface area contributed by atoms with E-state index < -0.39 is 11.4 Å². The van der Waals surface area contributed by atoms with Gasteiger partial charge in [-0.3, -0.25) is 4.79 Å². The molecule has 0 atom stereocenters. The number of nitrogens with one attached hydrogen (secondary N) is 1. The Morgan fingerprint density at radius 2 is 2.32 bits per heavy atom. The molecule has 1 aliphatic heterocycles. The van der Waals surface area contributed by atoms with Crippen molar-refractivity contribution in [2.45, 2.75) is 12.8 Å². The highest BCUT2D eigenvalue weighted by Crippen LogP contribution is 2.31. The summed E-state index contributed by atoms with van der Waals surface area (Å²) in [5.41, 5.74) is 0.0494. The summed E-state index contributed by atoms with van der Waals surface area (Å²) >= 11 is 0. The maximum absolute atomic E-state index is 11.5. The molecule has 6 heteroatoms. The standard InChI is InChI=1S/C13H18N2O4/c1-18-11-8-10(2-5-14-11)15-9-13(12(16)17)3-6-19-7-4-13/h2,5,8H,3-4,6-7,9H2,1H3,(H,14,15)(H,16,17). The van der Waals surface area contributed by atoms with Gasteiger partial charge in [0.25, 0.3) is 0 Å². The fourth-order valence-electron chi connectivity index (χ4n) is 2.13. The predicted molar refractivity (Wildman–Crippen MR) is 69.4 cm³/mol. The van der Waals surface area contributed by atoms with Gasteiger partial charge in [0, 0.05) is 37.7 Å². The molecule has 6 nitrogen and oxygen atoms in total. The molecule has 0 bridgehead atoms. The molecule has 2 rings (SSSR count). The summed E-state index contributed by atoms with van der Waals surface area (Å²) in [6, 6.07) is 3.53. The fourth-order valence-corrected chi connectivity index (χ4v) is 2.13. The second-order valence-corrected chi connectivity index (χ2v) is 4.64. The number of aliphatic carboxylic acids is 1. The number of carboxylic acid groups (broad SMARTS) is 1. The van der Waals surface area contributed by atoms with Gasteiger partial charge in [-0.05, 0) is 18.9 Å². The Morgan fingerprint density at radius 1 is 1.58 bits per heavy atom. The molecule has 0 spiro atoms. The number of carboxylic acids is 1. The highest BCUT2D eigenvalue weighted by molar-refractivity contribution is 5.75. The van der Waals surface area contributed by atoms with E-state index in [1.807, 2.05) is 0 Å². The normalized spacial score (nSPS) is 17.7. The number of methoxy groups -OCH3 is 1. The summed E-state index contributed by atoms with van der Waals surface area (Å²) in [7, 11) is 1.54. The van der Waals surface area contributed by atoms with Gasteiger partial charge in [-0.1, -0.05) is 0 Å². The van der Waals surface area contributed by atoms with Gasteiger partial charge >= 0.3 is 5.97 Å². The van der Waals surface area contributed by atoms with Crippen molar-refractivity contribution >= 4 is 11.7 Å². The zero-order chi connectivity index (χ0) is 13.7. The van der Waals surface area contributed by atoms with Crippen molar-refractivity contribution in [1.82, 2.24) is 4.98 Å². The highest BCUT2D eigenvalue weighted by atomic mass is 16.5. The van der Waals surface area contributed by atoms with Gasteiger partial charge < -0.3 is 19.9 Å². The van der Waals surface area contributed by atoms with Gasteiger partial charge in [-0.2, -0.15) is 0 Å². The van der Waals surface area contributed by atoms with Crippen molar-refractivity contribution in [1.29, 1.82) is 0 Å². The second kappa shape index (κ2) is 5.88. The van der Waals surface area contributed by atoms with Crippen LogP contribution in [0.3, 0.4) is 0 Å². The van der Waals surface area contributed by atoms with Gasteiger partial charge in [0.1, 0.15) is 0 Å². The molecular formula is C13H18N2O4. The first kappa shape index (κ1) is 13.6. The molecule has 1 aromatic rings. The molecule has 2 heterocycles. The SMILES string of the molecule is COc1cc(NCC2(C(=O)O)CCOCC2)ccn1. The van der Waals surface area contributed by atoms with Crippen LogP contribution in [0.2, 0.25) is 0 Å². The van der Waals surface area contributed by atoms with E-state index in [1.165, 1.54) is 0 Å². The van der Waals surface area contributed by atoms with Crippen LogP contribution < -0.4 is 10.1 Å². The lowest BCUT2D eigenvalue weighted by Gasteiger charge is -2.33. The Balaban J connectivity index is 2.04. The first-order valence-corrected chi connectivity index (χ1v) is 6.21. The van der Waals surface area contributed by atoms with E-state index >= 15 is 0 Å². The lowest BCUT2D eigenvalue weighted by molar-refractivity contribution is -0.153. The minimum absolute atomic E-state index is 0.374. The van der Waals surface area contributed by atoms with Crippen LogP contribution in [0.15, 0.2) is 18.3 Å². The molecule has 0 saturated carbocycles. The highest BCUT2D eigenvalue weighted by Gasteiger charge is 2.40. The Morgan fingerprint density at radius 3 is 2.95 bits per heavy atom. The van der Waals surface area contributed by atoms with Crippen molar-refractivity contribution in [2.24, 2.45) is 5.41 Å². The summed E-state index contributed by atoms with van der Waals surface area (Å²) in [5.74, 6) is -0.273. The van der Waals surface area contributed by atoms with Crippen molar-refractivity contribution in [2.75, 3.05) is 32.2 Å². The zero-order valence-corrected chi connectivity index (χ0v) is 10.9. The summed E-state index contributed by atoms with van der Waals surface area (Å²) in [6.45, 7) is 1.36. The van der Waals surface area contributed by atoms with Crippen LogP contribution in [-0.4, -0.2) is 42.9 Å².